The van der Waals surface area contributed by atoms with Crippen LogP contribution < -0.4 is 15.8 Å². The molecular weight excluding hydrogens is 362 g/mol. The summed E-state index contributed by atoms with van der Waals surface area (Å²) < 4.78 is 0.545. The molecule has 3 heterocycles. The lowest BCUT2D eigenvalue weighted by molar-refractivity contribution is -0.120. The molecule has 8 heteroatoms. The molecule has 0 bridgehead atoms. The summed E-state index contributed by atoms with van der Waals surface area (Å²) in [7, 11) is 0. The Morgan fingerprint density at radius 2 is 2.11 bits per heavy atom. The van der Waals surface area contributed by atoms with Gasteiger partial charge < -0.3 is 15.2 Å². The molecule has 2 N–H and O–H groups in total. The van der Waals surface area contributed by atoms with Gasteiger partial charge in [0, 0.05) is 24.7 Å². The van der Waals surface area contributed by atoms with Crippen molar-refractivity contribution < 1.29 is 4.79 Å². The third kappa shape index (κ3) is 3.57. The Labute approximate surface area is 160 Å². The SMILES string of the molecule is CCc1ccccc1NC(=O)C1CCN(c2nc3nc[nH]c(=O)c3s2)CC1. The van der Waals surface area contributed by atoms with E-state index in [0.717, 1.165) is 48.7 Å². The molecule has 1 aliphatic rings. The van der Waals surface area contributed by atoms with Crippen LogP contribution in [0.5, 0.6) is 0 Å². The maximum atomic E-state index is 12.7. The molecular formula is C19H21N5O2S. The summed E-state index contributed by atoms with van der Waals surface area (Å²) >= 11 is 1.36. The molecule has 2 aromatic heterocycles. The summed E-state index contributed by atoms with van der Waals surface area (Å²) in [6, 6.07) is 7.93. The summed E-state index contributed by atoms with van der Waals surface area (Å²) in [5.74, 6) is 0.0695. The minimum Gasteiger partial charge on any atom is -0.348 e. The predicted octanol–water partition coefficient (Wildman–Crippen LogP) is 2.80. The van der Waals surface area contributed by atoms with Crippen LogP contribution in [0.1, 0.15) is 25.3 Å². The van der Waals surface area contributed by atoms with E-state index in [2.05, 4.69) is 32.1 Å². The van der Waals surface area contributed by atoms with Crippen molar-refractivity contribution in [1.29, 1.82) is 0 Å². The largest absolute Gasteiger partial charge is 0.348 e. The quantitative estimate of drug-likeness (QED) is 0.723. The zero-order valence-electron chi connectivity index (χ0n) is 15.1. The number of aromatic nitrogens is 3. The molecule has 1 fully saturated rings. The van der Waals surface area contributed by atoms with Crippen LogP contribution >= 0.6 is 11.3 Å². The highest BCUT2D eigenvalue weighted by Crippen LogP contribution is 2.29. The van der Waals surface area contributed by atoms with Crippen molar-refractivity contribution in [2.75, 3.05) is 23.3 Å². The minimum absolute atomic E-state index is 0.0120. The second-order valence-corrected chi connectivity index (χ2v) is 7.62. The number of rotatable bonds is 4. The van der Waals surface area contributed by atoms with Crippen molar-refractivity contribution in [1.82, 2.24) is 15.0 Å². The zero-order chi connectivity index (χ0) is 18.8. The van der Waals surface area contributed by atoms with Crippen molar-refractivity contribution in [3.05, 3.63) is 46.5 Å². The average molecular weight is 383 g/mol. The molecule has 0 aliphatic carbocycles. The Bertz CT molecular complexity index is 1020. The summed E-state index contributed by atoms with van der Waals surface area (Å²) in [4.78, 5) is 37.8. The highest BCUT2D eigenvalue weighted by Gasteiger charge is 2.27. The van der Waals surface area contributed by atoms with Gasteiger partial charge in [-0.1, -0.05) is 36.5 Å². The number of carbonyl (C=O) groups is 1. The number of amides is 1. The van der Waals surface area contributed by atoms with Crippen molar-refractivity contribution in [2.45, 2.75) is 26.2 Å². The molecule has 3 aromatic rings. The first-order chi connectivity index (χ1) is 13.2. The Kier molecular flexibility index (Phi) is 4.89. The van der Waals surface area contributed by atoms with Gasteiger partial charge >= 0.3 is 0 Å². The van der Waals surface area contributed by atoms with Gasteiger partial charge in [0.1, 0.15) is 4.70 Å². The van der Waals surface area contributed by atoms with E-state index < -0.39 is 0 Å². The van der Waals surface area contributed by atoms with Crippen molar-refractivity contribution in [3.8, 4) is 0 Å². The molecule has 1 aromatic carbocycles. The summed E-state index contributed by atoms with van der Waals surface area (Å²) in [5, 5.41) is 3.88. The van der Waals surface area contributed by atoms with E-state index in [4.69, 9.17) is 0 Å². The number of para-hydroxylation sites is 1. The molecule has 0 radical (unpaired) electrons. The van der Waals surface area contributed by atoms with E-state index in [1.807, 2.05) is 24.3 Å². The molecule has 0 saturated carbocycles. The van der Waals surface area contributed by atoms with Gasteiger partial charge in [0.25, 0.3) is 5.56 Å². The Morgan fingerprint density at radius 1 is 1.33 bits per heavy atom. The lowest BCUT2D eigenvalue weighted by atomic mass is 9.96. The number of piperidine rings is 1. The van der Waals surface area contributed by atoms with Gasteiger partial charge in [-0.05, 0) is 30.9 Å². The maximum Gasteiger partial charge on any atom is 0.270 e. The van der Waals surface area contributed by atoms with Crippen LogP contribution in [0, 0.1) is 5.92 Å². The number of nitrogens with one attached hydrogen (secondary N) is 2. The number of benzene rings is 1. The zero-order valence-corrected chi connectivity index (χ0v) is 15.9. The Morgan fingerprint density at radius 3 is 2.85 bits per heavy atom. The molecule has 7 nitrogen and oxygen atoms in total. The second kappa shape index (κ2) is 7.48. The number of aromatic amines is 1. The van der Waals surface area contributed by atoms with Crippen LogP contribution in [-0.4, -0.2) is 33.9 Å². The number of anilines is 2. The van der Waals surface area contributed by atoms with Gasteiger partial charge in [0.2, 0.25) is 5.91 Å². The topological polar surface area (TPSA) is 91.0 Å². The van der Waals surface area contributed by atoms with Crippen LogP contribution in [0.3, 0.4) is 0 Å². The van der Waals surface area contributed by atoms with Gasteiger partial charge in [0.05, 0.1) is 6.33 Å². The minimum atomic E-state index is -0.160. The van der Waals surface area contributed by atoms with E-state index in [0.29, 0.717) is 10.3 Å². The van der Waals surface area contributed by atoms with Crippen LogP contribution in [0.15, 0.2) is 35.4 Å². The van der Waals surface area contributed by atoms with Crippen molar-refractivity contribution in [3.63, 3.8) is 0 Å². The van der Waals surface area contributed by atoms with Gasteiger partial charge in [-0.3, -0.25) is 9.59 Å². The Balaban J connectivity index is 1.41. The number of aryl methyl sites for hydroxylation is 1. The number of hydrogen-bond acceptors (Lipinski definition) is 6. The number of nitrogens with zero attached hydrogens (tertiary/aromatic N) is 3. The summed E-state index contributed by atoms with van der Waals surface area (Å²) in [6.45, 7) is 3.57. The molecule has 140 valence electrons. The number of hydrogen-bond donors (Lipinski definition) is 2. The van der Waals surface area contributed by atoms with Crippen molar-refractivity contribution in [2.24, 2.45) is 5.92 Å². The fourth-order valence-corrected chi connectivity index (χ4v) is 4.38. The van der Waals surface area contributed by atoms with Crippen LogP contribution in [0.2, 0.25) is 0 Å². The van der Waals surface area contributed by atoms with E-state index in [9.17, 15) is 9.59 Å². The molecule has 4 rings (SSSR count). The molecule has 0 atom stereocenters. The normalized spacial score (nSPS) is 15.2. The van der Waals surface area contributed by atoms with E-state index >= 15 is 0 Å². The van der Waals surface area contributed by atoms with Crippen LogP contribution in [-0.2, 0) is 11.2 Å². The first-order valence-corrected chi connectivity index (χ1v) is 9.95. The van der Waals surface area contributed by atoms with Crippen molar-refractivity contribution >= 4 is 38.4 Å². The first-order valence-electron chi connectivity index (χ1n) is 9.13. The number of H-pyrrole nitrogens is 1. The number of fused-ring (bicyclic) bond motifs is 1. The molecule has 1 saturated heterocycles. The third-order valence-electron chi connectivity index (χ3n) is 4.98. The smallest absolute Gasteiger partial charge is 0.270 e. The fourth-order valence-electron chi connectivity index (χ4n) is 3.41. The van der Waals surface area contributed by atoms with E-state index in [-0.39, 0.29) is 17.4 Å². The van der Waals surface area contributed by atoms with Crippen LogP contribution in [0.4, 0.5) is 10.8 Å². The standard InChI is InChI=1S/C19H21N5O2S/c1-2-12-5-3-4-6-14(12)22-17(25)13-7-9-24(10-8-13)19-23-16-15(27-19)18(26)21-11-20-16/h3-6,11,13H,2,7-10H2,1H3,(H,22,25)(H,20,21,26). The Hall–Kier alpha value is -2.74. The monoisotopic (exact) mass is 383 g/mol. The highest BCUT2D eigenvalue weighted by atomic mass is 32.1. The number of thiazole rings is 1. The maximum absolute atomic E-state index is 12.7. The van der Waals surface area contributed by atoms with E-state index in [1.54, 1.807) is 0 Å². The summed E-state index contributed by atoms with van der Waals surface area (Å²) in [6.07, 6.45) is 3.79. The number of carbonyl (C=O) groups excluding carboxylic acids is 1. The molecule has 1 amide bonds. The lowest BCUT2D eigenvalue weighted by Gasteiger charge is -2.31. The van der Waals surface area contributed by atoms with Gasteiger partial charge in [-0.2, -0.15) is 4.98 Å². The first kappa shape index (κ1) is 17.7. The fraction of sp³-hybridized carbons (Fsp3) is 0.368. The van der Waals surface area contributed by atoms with Gasteiger partial charge in [0.15, 0.2) is 10.8 Å². The third-order valence-corrected chi connectivity index (χ3v) is 6.08. The lowest BCUT2D eigenvalue weighted by Crippen LogP contribution is -2.38. The predicted molar refractivity (Wildman–Crippen MR) is 107 cm³/mol. The molecule has 0 unspecified atom stereocenters. The van der Waals surface area contributed by atoms with Crippen LogP contribution in [0.25, 0.3) is 10.3 Å². The molecule has 1 aliphatic heterocycles. The highest BCUT2D eigenvalue weighted by molar-refractivity contribution is 7.22. The average Bonchev–Trinajstić information content (AvgIpc) is 3.14. The van der Waals surface area contributed by atoms with Gasteiger partial charge in [-0.15, -0.1) is 0 Å². The second-order valence-electron chi connectivity index (χ2n) is 6.64. The summed E-state index contributed by atoms with van der Waals surface area (Å²) in [5.41, 5.74) is 2.38. The molecule has 0 spiro atoms. The van der Waals surface area contributed by atoms with E-state index in [1.165, 1.54) is 17.7 Å². The molecule has 27 heavy (non-hydrogen) atoms. The van der Waals surface area contributed by atoms with Gasteiger partial charge in [-0.25, -0.2) is 4.98 Å².